The number of rotatable bonds is 2. The molecule has 0 N–H and O–H groups in total. The van der Waals surface area contributed by atoms with E-state index in [9.17, 15) is 0 Å². The molecule has 2 aromatic heterocycles. The Morgan fingerprint density at radius 1 is 1.05 bits per heavy atom. The summed E-state index contributed by atoms with van der Waals surface area (Å²) in [6.07, 6.45) is 7.65. The Hall–Kier alpha value is -1.81. The first-order valence-electron chi connectivity index (χ1n) is 6.14. The highest BCUT2D eigenvalue weighted by Crippen LogP contribution is 2.22. The molecule has 3 heterocycles. The summed E-state index contributed by atoms with van der Waals surface area (Å²) in [4.78, 5) is 13.4. The molecule has 0 spiro atoms. The predicted octanol–water partition coefficient (Wildman–Crippen LogP) is 4.00. The van der Waals surface area contributed by atoms with Gasteiger partial charge in [-0.15, -0.1) is 0 Å². The van der Waals surface area contributed by atoms with Crippen LogP contribution < -0.4 is 0 Å². The summed E-state index contributed by atoms with van der Waals surface area (Å²) >= 11 is 3.54. The Morgan fingerprint density at radius 2 is 1.95 bits per heavy atom. The van der Waals surface area contributed by atoms with Crippen molar-refractivity contribution in [1.29, 1.82) is 0 Å². The molecule has 0 saturated heterocycles. The highest BCUT2D eigenvalue weighted by Gasteiger charge is 2.10. The van der Waals surface area contributed by atoms with Gasteiger partial charge in [-0.2, -0.15) is 0 Å². The van der Waals surface area contributed by atoms with Gasteiger partial charge in [-0.3, -0.25) is 9.98 Å². The Kier molecular flexibility index (Phi) is 3.51. The van der Waals surface area contributed by atoms with Crippen molar-refractivity contribution in [2.45, 2.75) is 12.8 Å². The molecular weight excluding hydrogens is 302 g/mol. The third kappa shape index (κ3) is 2.79. The molecular formula is C15H12BrN3. The SMILES string of the molecule is Brc1cc(C2=NC=CCC2)nc(-c2ccccn2)c1. The number of allylic oxidation sites excluding steroid dienone is 1. The van der Waals surface area contributed by atoms with Gasteiger partial charge in [-0.1, -0.05) is 28.1 Å². The van der Waals surface area contributed by atoms with Gasteiger partial charge in [0, 0.05) is 16.9 Å². The largest absolute Gasteiger partial charge is 0.259 e. The van der Waals surface area contributed by atoms with Crippen molar-refractivity contribution in [3.8, 4) is 11.4 Å². The molecule has 0 unspecified atom stereocenters. The van der Waals surface area contributed by atoms with Gasteiger partial charge in [0.1, 0.15) is 0 Å². The number of aliphatic imine (C=N–C) groups is 1. The van der Waals surface area contributed by atoms with E-state index >= 15 is 0 Å². The van der Waals surface area contributed by atoms with Gasteiger partial charge in [-0.25, -0.2) is 4.98 Å². The minimum absolute atomic E-state index is 0.863. The lowest BCUT2D eigenvalue weighted by Crippen LogP contribution is -2.06. The minimum atomic E-state index is 0.863. The van der Waals surface area contributed by atoms with E-state index in [1.165, 1.54) is 0 Å². The van der Waals surface area contributed by atoms with Gasteiger partial charge in [-0.05, 0) is 37.1 Å². The maximum atomic E-state index is 4.67. The number of halogens is 1. The fourth-order valence-electron chi connectivity index (χ4n) is 1.99. The predicted molar refractivity (Wildman–Crippen MR) is 80.1 cm³/mol. The Labute approximate surface area is 120 Å². The molecule has 0 aromatic carbocycles. The normalized spacial score (nSPS) is 14.3. The zero-order valence-electron chi connectivity index (χ0n) is 10.3. The summed E-state index contributed by atoms with van der Waals surface area (Å²) in [6, 6.07) is 9.81. The topological polar surface area (TPSA) is 38.1 Å². The van der Waals surface area contributed by atoms with Crippen LogP contribution in [0.25, 0.3) is 11.4 Å². The lowest BCUT2D eigenvalue weighted by Gasteiger charge is -2.09. The maximum Gasteiger partial charge on any atom is 0.0905 e. The van der Waals surface area contributed by atoms with Crippen LogP contribution in [-0.4, -0.2) is 15.7 Å². The molecule has 0 radical (unpaired) electrons. The minimum Gasteiger partial charge on any atom is -0.259 e. The Bertz CT molecular complexity index is 648. The lowest BCUT2D eigenvalue weighted by atomic mass is 10.1. The van der Waals surface area contributed by atoms with Crippen LogP contribution in [0, 0.1) is 0 Å². The molecule has 4 heteroatoms. The number of aromatic nitrogens is 2. The molecule has 0 atom stereocenters. The molecule has 0 saturated carbocycles. The molecule has 3 rings (SSSR count). The van der Waals surface area contributed by atoms with E-state index in [1.54, 1.807) is 6.20 Å². The van der Waals surface area contributed by atoms with E-state index < -0.39 is 0 Å². The monoisotopic (exact) mass is 313 g/mol. The second-order valence-electron chi connectivity index (χ2n) is 4.27. The van der Waals surface area contributed by atoms with Crippen LogP contribution in [0.5, 0.6) is 0 Å². The number of pyridine rings is 2. The highest BCUT2D eigenvalue weighted by molar-refractivity contribution is 9.10. The molecule has 0 amide bonds. The van der Waals surface area contributed by atoms with Crippen LogP contribution >= 0.6 is 15.9 Å². The lowest BCUT2D eigenvalue weighted by molar-refractivity contribution is 1.05. The van der Waals surface area contributed by atoms with Gasteiger partial charge >= 0.3 is 0 Å². The van der Waals surface area contributed by atoms with Crippen LogP contribution in [0.1, 0.15) is 18.5 Å². The van der Waals surface area contributed by atoms with Gasteiger partial charge in [0.25, 0.3) is 0 Å². The Morgan fingerprint density at radius 3 is 2.68 bits per heavy atom. The van der Waals surface area contributed by atoms with E-state index in [0.29, 0.717) is 0 Å². The van der Waals surface area contributed by atoms with Crippen molar-refractivity contribution in [2.24, 2.45) is 4.99 Å². The van der Waals surface area contributed by atoms with Crippen LogP contribution in [0.2, 0.25) is 0 Å². The summed E-state index contributed by atoms with van der Waals surface area (Å²) < 4.78 is 0.996. The molecule has 1 aliphatic heterocycles. The first kappa shape index (κ1) is 12.2. The average molecular weight is 314 g/mol. The summed E-state index contributed by atoms with van der Waals surface area (Å²) in [5.74, 6) is 0. The maximum absolute atomic E-state index is 4.67. The summed E-state index contributed by atoms with van der Waals surface area (Å²) in [5.41, 5.74) is 3.68. The zero-order valence-corrected chi connectivity index (χ0v) is 11.8. The van der Waals surface area contributed by atoms with Crippen molar-refractivity contribution in [3.05, 3.63) is 59.0 Å². The zero-order chi connectivity index (χ0) is 13.1. The van der Waals surface area contributed by atoms with Crippen molar-refractivity contribution in [3.63, 3.8) is 0 Å². The first-order valence-corrected chi connectivity index (χ1v) is 6.93. The molecule has 3 nitrogen and oxygen atoms in total. The highest BCUT2D eigenvalue weighted by atomic mass is 79.9. The molecule has 0 bridgehead atoms. The van der Waals surface area contributed by atoms with Gasteiger partial charge in [0.2, 0.25) is 0 Å². The third-order valence-electron chi connectivity index (χ3n) is 2.90. The van der Waals surface area contributed by atoms with Crippen LogP contribution in [0.15, 0.2) is 58.3 Å². The van der Waals surface area contributed by atoms with Gasteiger partial charge in [0.05, 0.1) is 22.8 Å². The van der Waals surface area contributed by atoms with E-state index in [0.717, 1.165) is 40.1 Å². The van der Waals surface area contributed by atoms with Crippen LogP contribution in [0.3, 0.4) is 0 Å². The van der Waals surface area contributed by atoms with Crippen molar-refractivity contribution < 1.29 is 0 Å². The summed E-state index contributed by atoms with van der Waals surface area (Å²) in [6.45, 7) is 0. The smallest absolute Gasteiger partial charge is 0.0905 e. The molecule has 94 valence electrons. The van der Waals surface area contributed by atoms with Crippen molar-refractivity contribution in [2.75, 3.05) is 0 Å². The second kappa shape index (κ2) is 5.45. The fraction of sp³-hybridized carbons (Fsp3) is 0.133. The molecule has 0 fully saturated rings. The van der Waals surface area contributed by atoms with E-state index in [4.69, 9.17) is 0 Å². The van der Waals surface area contributed by atoms with Crippen LogP contribution in [0.4, 0.5) is 0 Å². The standard InChI is InChI=1S/C15H12BrN3/c16-11-9-14(12-5-1-3-7-17-12)19-15(10-11)13-6-2-4-8-18-13/h1,3-5,7-10H,2,6H2. The average Bonchev–Trinajstić information content (AvgIpc) is 2.48. The number of nitrogens with zero attached hydrogens (tertiary/aromatic N) is 3. The second-order valence-corrected chi connectivity index (χ2v) is 5.19. The van der Waals surface area contributed by atoms with E-state index in [-0.39, 0.29) is 0 Å². The van der Waals surface area contributed by atoms with Gasteiger partial charge < -0.3 is 0 Å². The third-order valence-corrected chi connectivity index (χ3v) is 3.35. The number of hydrogen-bond acceptors (Lipinski definition) is 3. The molecule has 1 aliphatic rings. The molecule has 2 aromatic rings. The van der Waals surface area contributed by atoms with Crippen molar-refractivity contribution in [1.82, 2.24) is 9.97 Å². The fourth-order valence-corrected chi connectivity index (χ4v) is 2.42. The molecule has 0 aliphatic carbocycles. The first-order chi connectivity index (χ1) is 9.33. The van der Waals surface area contributed by atoms with Crippen LogP contribution in [-0.2, 0) is 0 Å². The Balaban J connectivity index is 2.06. The van der Waals surface area contributed by atoms with E-state index in [1.807, 2.05) is 36.5 Å². The quantitative estimate of drug-likeness (QED) is 0.840. The molecule has 19 heavy (non-hydrogen) atoms. The van der Waals surface area contributed by atoms with Crippen molar-refractivity contribution >= 4 is 21.6 Å². The number of hydrogen-bond donors (Lipinski definition) is 0. The van der Waals surface area contributed by atoms with Gasteiger partial charge in [0.15, 0.2) is 0 Å². The van der Waals surface area contributed by atoms with E-state index in [2.05, 4.69) is 37.0 Å². The summed E-state index contributed by atoms with van der Waals surface area (Å²) in [7, 11) is 0. The summed E-state index contributed by atoms with van der Waals surface area (Å²) in [5, 5.41) is 0.